The van der Waals surface area contributed by atoms with Crippen LogP contribution in [0.1, 0.15) is 26.3 Å². The second-order valence-electron chi connectivity index (χ2n) is 3.13. The summed E-state index contributed by atoms with van der Waals surface area (Å²) in [5.74, 6) is -1.77. The van der Waals surface area contributed by atoms with Crippen molar-refractivity contribution in [3.05, 3.63) is 28.8 Å². The second kappa shape index (κ2) is 4.65. The van der Waals surface area contributed by atoms with Crippen LogP contribution in [0, 0.1) is 6.92 Å². The van der Waals surface area contributed by atoms with E-state index in [0.717, 1.165) is 0 Å². The summed E-state index contributed by atoms with van der Waals surface area (Å²) in [5, 5.41) is 9.55. The molecule has 1 N–H and O–H groups in total. The smallest absolute Gasteiger partial charge is 0.342 e. The van der Waals surface area contributed by atoms with E-state index in [4.69, 9.17) is 0 Å². The summed E-state index contributed by atoms with van der Waals surface area (Å²) in [6, 6.07) is 2.85. The van der Waals surface area contributed by atoms with Gasteiger partial charge in [0.1, 0.15) is 11.3 Å². The first-order valence-electron chi connectivity index (χ1n) is 4.52. The molecule has 5 nitrogen and oxygen atoms in total. The van der Waals surface area contributed by atoms with Gasteiger partial charge >= 0.3 is 11.9 Å². The molecule has 0 aliphatic carbocycles. The average Bonchev–Trinajstić information content (AvgIpc) is 2.29. The third-order valence-electron chi connectivity index (χ3n) is 2.17. The predicted molar refractivity (Wildman–Crippen MR) is 55.5 cm³/mol. The van der Waals surface area contributed by atoms with E-state index in [2.05, 4.69) is 9.47 Å². The molecule has 0 saturated carbocycles. The van der Waals surface area contributed by atoms with Crippen molar-refractivity contribution in [2.45, 2.75) is 6.92 Å². The maximum absolute atomic E-state index is 11.5. The van der Waals surface area contributed by atoms with Crippen molar-refractivity contribution >= 4 is 11.9 Å². The lowest BCUT2D eigenvalue weighted by Crippen LogP contribution is -2.13. The van der Waals surface area contributed by atoms with E-state index in [-0.39, 0.29) is 16.9 Å². The molecule has 0 heterocycles. The summed E-state index contributed by atoms with van der Waals surface area (Å²) in [5.41, 5.74) is 0.383. The highest BCUT2D eigenvalue weighted by molar-refractivity contribution is 6.06. The van der Waals surface area contributed by atoms with Crippen molar-refractivity contribution in [1.82, 2.24) is 0 Å². The van der Waals surface area contributed by atoms with Crippen LogP contribution in [0.4, 0.5) is 0 Å². The van der Waals surface area contributed by atoms with Crippen molar-refractivity contribution in [2.24, 2.45) is 0 Å². The number of hydrogen-bond donors (Lipinski definition) is 1. The fourth-order valence-corrected chi connectivity index (χ4v) is 1.37. The molecule has 0 saturated heterocycles. The van der Waals surface area contributed by atoms with Gasteiger partial charge in [-0.1, -0.05) is 6.07 Å². The third kappa shape index (κ3) is 1.98. The summed E-state index contributed by atoms with van der Waals surface area (Å²) < 4.78 is 9.05. The minimum absolute atomic E-state index is 0.0225. The van der Waals surface area contributed by atoms with Crippen molar-refractivity contribution in [1.29, 1.82) is 0 Å². The Labute approximate surface area is 92.6 Å². The molecule has 1 aromatic carbocycles. The zero-order valence-corrected chi connectivity index (χ0v) is 9.23. The van der Waals surface area contributed by atoms with Crippen LogP contribution >= 0.6 is 0 Å². The molecule has 0 aliphatic rings. The first kappa shape index (κ1) is 12.0. The van der Waals surface area contributed by atoms with E-state index in [1.807, 2.05) is 0 Å². The summed E-state index contributed by atoms with van der Waals surface area (Å²) >= 11 is 0. The largest absolute Gasteiger partial charge is 0.507 e. The monoisotopic (exact) mass is 224 g/mol. The van der Waals surface area contributed by atoms with Gasteiger partial charge in [0.2, 0.25) is 0 Å². The Balaban J connectivity index is 3.49. The zero-order valence-electron chi connectivity index (χ0n) is 9.23. The van der Waals surface area contributed by atoms with E-state index in [1.165, 1.54) is 26.4 Å². The molecule has 0 spiro atoms. The number of carbonyl (C=O) groups excluding carboxylic acids is 2. The van der Waals surface area contributed by atoms with E-state index in [9.17, 15) is 14.7 Å². The molecule has 0 radical (unpaired) electrons. The number of aryl methyl sites for hydroxylation is 1. The van der Waals surface area contributed by atoms with E-state index in [1.54, 1.807) is 6.92 Å². The molecule has 5 heteroatoms. The number of esters is 2. The Morgan fingerprint density at radius 3 is 2.06 bits per heavy atom. The topological polar surface area (TPSA) is 72.8 Å². The lowest BCUT2D eigenvalue weighted by Gasteiger charge is -2.10. The SMILES string of the molecule is COC(=O)c1c(C)ccc(O)c1C(=O)OC. The van der Waals surface area contributed by atoms with E-state index < -0.39 is 11.9 Å². The number of hydrogen-bond acceptors (Lipinski definition) is 5. The standard InChI is InChI=1S/C11H12O5/c1-6-4-5-7(12)9(11(14)16-3)8(6)10(13)15-2/h4-5,12H,1-3H3. The van der Waals surface area contributed by atoms with Gasteiger partial charge < -0.3 is 14.6 Å². The molecule has 0 aliphatic heterocycles. The highest BCUT2D eigenvalue weighted by atomic mass is 16.5. The maximum Gasteiger partial charge on any atom is 0.342 e. The quantitative estimate of drug-likeness (QED) is 0.766. The van der Waals surface area contributed by atoms with E-state index >= 15 is 0 Å². The van der Waals surface area contributed by atoms with Gasteiger partial charge in [0.25, 0.3) is 0 Å². The summed E-state index contributed by atoms with van der Waals surface area (Å²) in [6.07, 6.45) is 0. The molecule has 0 fully saturated rings. The van der Waals surface area contributed by atoms with Crippen LogP contribution in [-0.4, -0.2) is 31.3 Å². The summed E-state index contributed by atoms with van der Waals surface area (Å²) in [7, 11) is 2.37. The number of phenolic OH excluding ortho intramolecular Hbond substituents is 1. The van der Waals surface area contributed by atoms with Gasteiger partial charge in [-0.05, 0) is 18.6 Å². The summed E-state index contributed by atoms with van der Waals surface area (Å²) in [6.45, 7) is 1.64. The van der Waals surface area contributed by atoms with Crippen LogP contribution in [0.3, 0.4) is 0 Å². The van der Waals surface area contributed by atoms with Gasteiger partial charge in [-0.15, -0.1) is 0 Å². The molecular formula is C11H12O5. The number of methoxy groups -OCH3 is 2. The normalized spacial score (nSPS) is 9.69. The Morgan fingerprint density at radius 1 is 1.06 bits per heavy atom. The highest BCUT2D eigenvalue weighted by Crippen LogP contribution is 2.25. The van der Waals surface area contributed by atoms with Crippen LogP contribution in [0.25, 0.3) is 0 Å². The Hall–Kier alpha value is -2.04. The van der Waals surface area contributed by atoms with Crippen LogP contribution in [0.2, 0.25) is 0 Å². The first-order chi connectivity index (χ1) is 7.52. The Bertz CT molecular complexity index is 395. The molecule has 0 atom stereocenters. The van der Waals surface area contributed by atoms with Gasteiger partial charge in [0.15, 0.2) is 0 Å². The van der Waals surface area contributed by atoms with E-state index in [0.29, 0.717) is 5.56 Å². The van der Waals surface area contributed by atoms with Gasteiger partial charge in [-0.25, -0.2) is 9.59 Å². The average molecular weight is 224 g/mol. The highest BCUT2D eigenvalue weighted by Gasteiger charge is 2.24. The molecule has 0 unspecified atom stereocenters. The molecule has 0 amide bonds. The molecule has 16 heavy (non-hydrogen) atoms. The van der Waals surface area contributed by atoms with Crippen LogP contribution in [-0.2, 0) is 9.47 Å². The van der Waals surface area contributed by atoms with Gasteiger partial charge in [-0.2, -0.15) is 0 Å². The van der Waals surface area contributed by atoms with Gasteiger partial charge in [0, 0.05) is 0 Å². The van der Waals surface area contributed by atoms with Gasteiger partial charge in [0.05, 0.1) is 19.8 Å². The van der Waals surface area contributed by atoms with Crippen LogP contribution in [0.5, 0.6) is 5.75 Å². The molecule has 86 valence electrons. The molecule has 1 rings (SSSR count). The third-order valence-corrected chi connectivity index (χ3v) is 2.17. The molecule has 1 aromatic rings. The number of aromatic hydroxyl groups is 1. The van der Waals surface area contributed by atoms with Gasteiger partial charge in [-0.3, -0.25) is 0 Å². The number of benzene rings is 1. The number of phenols is 1. The molecule has 0 aromatic heterocycles. The van der Waals surface area contributed by atoms with Crippen molar-refractivity contribution in [3.63, 3.8) is 0 Å². The molecular weight excluding hydrogens is 212 g/mol. The van der Waals surface area contributed by atoms with Crippen molar-refractivity contribution in [3.8, 4) is 5.75 Å². The predicted octanol–water partition coefficient (Wildman–Crippen LogP) is 1.27. The Morgan fingerprint density at radius 2 is 1.56 bits per heavy atom. The van der Waals surface area contributed by atoms with Crippen LogP contribution in [0.15, 0.2) is 12.1 Å². The number of rotatable bonds is 2. The minimum Gasteiger partial charge on any atom is -0.507 e. The van der Waals surface area contributed by atoms with Crippen LogP contribution < -0.4 is 0 Å². The zero-order chi connectivity index (χ0) is 12.3. The fraction of sp³-hybridized carbons (Fsp3) is 0.273. The summed E-state index contributed by atoms with van der Waals surface area (Å²) in [4.78, 5) is 22.9. The number of carbonyl (C=O) groups is 2. The fourth-order valence-electron chi connectivity index (χ4n) is 1.37. The lowest BCUT2D eigenvalue weighted by molar-refractivity contribution is 0.0551. The first-order valence-corrected chi connectivity index (χ1v) is 4.52. The maximum atomic E-state index is 11.5. The van der Waals surface area contributed by atoms with Crippen molar-refractivity contribution in [2.75, 3.05) is 14.2 Å². The van der Waals surface area contributed by atoms with Crippen molar-refractivity contribution < 1.29 is 24.2 Å². The second-order valence-corrected chi connectivity index (χ2v) is 3.13. The molecule has 0 bridgehead atoms. The Kier molecular flexibility index (Phi) is 3.50. The minimum atomic E-state index is -0.776. The lowest BCUT2D eigenvalue weighted by atomic mass is 10.0. The number of ether oxygens (including phenoxy) is 2.